The summed E-state index contributed by atoms with van der Waals surface area (Å²) >= 11 is 0. The van der Waals surface area contributed by atoms with Gasteiger partial charge in [-0.25, -0.2) is 0 Å². The van der Waals surface area contributed by atoms with Gasteiger partial charge in [-0.3, -0.25) is 9.35 Å². The molecule has 214 valence electrons. The maximum atomic E-state index is 12.2. The molecule has 0 aliphatic heterocycles. The molecule has 43 heavy (non-hydrogen) atoms. The lowest BCUT2D eigenvalue weighted by Crippen LogP contribution is -1.99. The fourth-order valence-corrected chi connectivity index (χ4v) is 4.44. The maximum absolute atomic E-state index is 12.2. The van der Waals surface area contributed by atoms with Crippen LogP contribution in [0.1, 0.15) is 0 Å². The lowest BCUT2D eigenvalue weighted by molar-refractivity contribution is -0.120. The number of aromatic hydroxyl groups is 2. The van der Waals surface area contributed by atoms with Crippen molar-refractivity contribution in [3.05, 3.63) is 97.1 Å². The first-order valence-electron chi connectivity index (χ1n) is 12.3. The summed E-state index contributed by atoms with van der Waals surface area (Å²) in [7, 11) is -4.81. The Labute approximate surface area is 243 Å². The van der Waals surface area contributed by atoms with E-state index in [4.69, 9.17) is 4.74 Å². The summed E-state index contributed by atoms with van der Waals surface area (Å²) in [6, 6.07) is 24.4. The van der Waals surface area contributed by atoms with Gasteiger partial charge in [-0.15, -0.1) is 5.11 Å². The van der Waals surface area contributed by atoms with Crippen molar-refractivity contribution in [2.45, 2.75) is 4.90 Å². The number of nitrogens with zero attached hydrogens (tertiary/aromatic N) is 6. The monoisotopic (exact) mass is 596 g/mol. The molecule has 0 aromatic heterocycles. The van der Waals surface area contributed by atoms with Gasteiger partial charge in [-0.05, 0) is 102 Å². The topological polar surface area (TPSA) is 195 Å². The predicted octanol–water partition coefficient (Wildman–Crippen LogP) is 8.28. The first kappa shape index (κ1) is 28.7. The van der Waals surface area contributed by atoms with Gasteiger partial charge in [0.15, 0.2) is 5.75 Å². The number of hydrogen-bond acceptors (Lipinski definition) is 12. The summed E-state index contributed by atoms with van der Waals surface area (Å²) in [6.45, 7) is 0.326. The third-order valence-electron chi connectivity index (χ3n) is 5.86. The van der Waals surface area contributed by atoms with Crippen molar-refractivity contribution in [3.8, 4) is 17.2 Å². The van der Waals surface area contributed by atoms with Crippen molar-refractivity contribution in [2.24, 2.45) is 30.7 Å². The highest BCUT2D eigenvalue weighted by molar-refractivity contribution is 7.86. The summed E-state index contributed by atoms with van der Waals surface area (Å²) in [5, 5.41) is 45.1. The number of carbonyl (C=O) groups is 1. The van der Waals surface area contributed by atoms with Crippen LogP contribution in [0.25, 0.3) is 10.8 Å². The smallest absolute Gasteiger partial charge is 0.298 e. The first-order valence-corrected chi connectivity index (χ1v) is 13.8. The molecule has 14 heteroatoms. The van der Waals surface area contributed by atoms with E-state index in [1.165, 1.54) is 24.3 Å². The molecule has 0 saturated heterocycles. The molecule has 0 fully saturated rings. The zero-order valence-electron chi connectivity index (χ0n) is 21.9. The van der Waals surface area contributed by atoms with Crippen molar-refractivity contribution >= 4 is 61.5 Å². The van der Waals surface area contributed by atoms with Gasteiger partial charge < -0.3 is 14.9 Å². The second-order valence-electron chi connectivity index (χ2n) is 8.79. The Morgan fingerprint density at radius 2 is 1.07 bits per heavy atom. The number of fused-ring (bicyclic) bond motifs is 1. The van der Waals surface area contributed by atoms with E-state index in [9.17, 15) is 28.0 Å². The summed E-state index contributed by atoms with van der Waals surface area (Å²) in [4.78, 5) is 9.74. The van der Waals surface area contributed by atoms with Crippen molar-refractivity contribution in [1.29, 1.82) is 0 Å². The Morgan fingerprint density at radius 1 is 0.605 bits per heavy atom. The van der Waals surface area contributed by atoms with Crippen LogP contribution >= 0.6 is 0 Å². The molecule has 0 radical (unpaired) electrons. The van der Waals surface area contributed by atoms with Crippen molar-refractivity contribution in [1.82, 2.24) is 0 Å². The molecule has 0 spiro atoms. The molecule has 0 atom stereocenters. The van der Waals surface area contributed by atoms with Crippen LogP contribution in [-0.2, 0) is 14.9 Å². The van der Waals surface area contributed by atoms with Gasteiger partial charge in [-0.1, -0.05) is 0 Å². The molecule has 3 N–H and O–H groups in total. The molecule has 5 aromatic carbocycles. The summed E-state index contributed by atoms with van der Waals surface area (Å²) < 4.78 is 39.0. The van der Waals surface area contributed by atoms with Gasteiger partial charge in [0.05, 0.1) is 28.4 Å². The Hall–Kier alpha value is -5.86. The van der Waals surface area contributed by atoms with Crippen LogP contribution < -0.4 is 4.74 Å². The third kappa shape index (κ3) is 7.08. The number of azo groups is 3. The van der Waals surface area contributed by atoms with E-state index in [1.807, 2.05) is 0 Å². The van der Waals surface area contributed by atoms with Gasteiger partial charge in [-0.2, -0.15) is 34.0 Å². The van der Waals surface area contributed by atoms with E-state index >= 15 is 0 Å². The van der Waals surface area contributed by atoms with Gasteiger partial charge in [0.2, 0.25) is 0 Å². The minimum atomic E-state index is -4.81. The number of benzene rings is 5. The number of ether oxygens (including phenoxy) is 1. The van der Waals surface area contributed by atoms with Crippen molar-refractivity contribution < 1.29 is 32.7 Å². The molecule has 0 saturated carbocycles. The van der Waals surface area contributed by atoms with Crippen LogP contribution in [0.3, 0.4) is 0 Å². The minimum absolute atomic E-state index is 0.0807. The molecule has 5 aromatic rings. The normalized spacial score (nSPS) is 12.0. The standard InChI is InChI=1S/C29H20N6O7S/c36-17-42-25-12-7-22(8-13-25)31-30-19-1-3-20(4-2-19)33-35-28-27(43(39,40)41)16-18-15-23(9-14-26(18)29(28)38)34-32-21-5-10-24(37)11-6-21/h1-17,37-38H,(H,39,40,41). The zero-order valence-corrected chi connectivity index (χ0v) is 22.7. The lowest BCUT2D eigenvalue weighted by Gasteiger charge is -2.09. The summed E-state index contributed by atoms with van der Waals surface area (Å²) in [5.74, 6) is -0.0560. The van der Waals surface area contributed by atoms with Gasteiger partial charge >= 0.3 is 0 Å². The van der Waals surface area contributed by atoms with Gasteiger partial charge in [0.1, 0.15) is 22.1 Å². The molecule has 5 rings (SSSR count). The maximum Gasteiger partial charge on any atom is 0.298 e. The predicted molar refractivity (Wildman–Crippen MR) is 156 cm³/mol. The quantitative estimate of drug-likeness (QED) is 0.0864. The van der Waals surface area contributed by atoms with E-state index in [1.54, 1.807) is 66.7 Å². The van der Waals surface area contributed by atoms with E-state index in [-0.39, 0.29) is 16.5 Å². The first-order chi connectivity index (χ1) is 20.7. The number of phenols is 2. The van der Waals surface area contributed by atoms with Crippen LogP contribution in [0.5, 0.6) is 17.2 Å². The number of phenolic OH excluding ortho intramolecular Hbond substituents is 2. The highest BCUT2D eigenvalue weighted by atomic mass is 32.2. The number of rotatable bonds is 9. The molecule has 0 aliphatic carbocycles. The fourth-order valence-electron chi connectivity index (χ4n) is 3.79. The molecule has 0 unspecified atom stereocenters. The highest BCUT2D eigenvalue weighted by Gasteiger charge is 2.22. The number of carbonyl (C=O) groups excluding carboxylic acids is 1. The largest absolute Gasteiger partial charge is 0.508 e. The molecule has 0 aliphatic rings. The fraction of sp³-hybridized carbons (Fsp3) is 0. The summed E-state index contributed by atoms with van der Waals surface area (Å²) in [5.41, 5.74) is 1.69. The van der Waals surface area contributed by atoms with E-state index in [0.29, 0.717) is 40.7 Å². The Balaban J connectivity index is 1.39. The highest BCUT2D eigenvalue weighted by Crippen LogP contribution is 2.42. The zero-order chi connectivity index (χ0) is 30.4. The number of hydrogen-bond donors (Lipinski definition) is 3. The molecule has 0 amide bonds. The minimum Gasteiger partial charge on any atom is -0.508 e. The van der Waals surface area contributed by atoms with E-state index in [0.717, 1.165) is 6.07 Å². The Kier molecular flexibility index (Phi) is 8.22. The van der Waals surface area contributed by atoms with Crippen molar-refractivity contribution in [3.63, 3.8) is 0 Å². The third-order valence-corrected chi connectivity index (χ3v) is 6.73. The second-order valence-corrected chi connectivity index (χ2v) is 10.2. The Morgan fingerprint density at radius 3 is 1.60 bits per heavy atom. The molecule has 13 nitrogen and oxygen atoms in total. The van der Waals surface area contributed by atoms with Gasteiger partial charge in [0, 0.05) is 5.39 Å². The second kappa shape index (κ2) is 12.3. The van der Waals surface area contributed by atoms with Crippen LogP contribution in [0.15, 0.2) is 133 Å². The Bertz CT molecular complexity index is 1990. The lowest BCUT2D eigenvalue weighted by atomic mass is 10.1. The SMILES string of the molecule is O=COc1ccc(N=Nc2ccc(N=Nc3c(S(=O)(=O)O)cc4cc(N=Nc5ccc(O)cc5)ccc4c3O)cc2)cc1. The average molecular weight is 597 g/mol. The molecular formula is C29H20N6O7S. The van der Waals surface area contributed by atoms with Crippen LogP contribution in [0.2, 0.25) is 0 Å². The van der Waals surface area contributed by atoms with E-state index < -0.39 is 26.5 Å². The van der Waals surface area contributed by atoms with Gasteiger partial charge in [0.25, 0.3) is 16.6 Å². The molecule has 0 bridgehead atoms. The van der Waals surface area contributed by atoms with Crippen LogP contribution in [0.4, 0.5) is 34.1 Å². The molecule has 0 heterocycles. The van der Waals surface area contributed by atoms with Crippen LogP contribution in [-0.4, -0.2) is 29.7 Å². The average Bonchev–Trinajstić information content (AvgIpc) is 3.00. The van der Waals surface area contributed by atoms with Crippen molar-refractivity contribution in [2.75, 3.05) is 0 Å². The molecular weight excluding hydrogens is 576 g/mol. The summed E-state index contributed by atoms with van der Waals surface area (Å²) in [6.07, 6.45) is 0. The van der Waals surface area contributed by atoms with Crippen LogP contribution in [0, 0.1) is 0 Å². The van der Waals surface area contributed by atoms with E-state index in [2.05, 4.69) is 30.7 Å².